The number of benzene rings is 1. The minimum atomic E-state index is -0.0616. The number of carbonyl (C=O) groups excluding carboxylic acids is 2. The quantitative estimate of drug-likeness (QED) is 0.666. The number of piperidine rings is 2. The molecule has 2 amide bonds. The minimum Gasteiger partial charge on any atom is -0.490 e. The molecule has 172 valence electrons. The number of aryl methyl sites for hydroxylation is 2. The minimum absolute atomic E-state index is 0.000671. The third-order valence-corrected chi connectivity index (χ3v) is 6.58. The van der Waals surface area contributed by atoms with E-state index in [2.05, 4.69) is 5.10 Å². The van der Waals surface area contributed by atoms with Crippen molar-refractivity contribution in [3.8, 4) is 5.75 Å². The zero-order chi connectivity index (χ0) is 22.3. The van der Waals surface area contributed by atoms with Gasteiger partial charge >= 0.3 is 0 Å². The summed E-state index contributed by atoms with van der Waals surface area (Å²) in [6.45, 7) is 2.94. The molecule has 0 N–H and O–H groups in total. The van der Waals surface area contributed by atoms with Crippen LogP contribution in [0.2, 0.25) is 0 Å². The lowest BCUT2D eigenvalue weighted by Crippen LogP contribution is -2.50. The van der Waals surface area contributed by atoms with E-state index in [0.29, 0.717) is 32.4 Å². The van der Waals surface area contributed by atoms with Crippen molar-refractivity contribution >= 4 is 11.8 Å². The molecule has 3 heterocycles. The molecule has 0 bridgehead atoms. The van der Waals surface area contributed by atoms with Crippen LogP contribution in [0.1, 0.15) is 44.1 Å². The van der Waals surface area contributed by atoms with Crippen LogP contribution in [-0.4, -0.2) is 63.7 Å². The average molecular weight is 439 g/mol. The Morgan fingerprint density at radius 2 is 1.81 bits per heavy atom. The molecule has 4 rings (SSSR count). The highest BCUT2D eigenvalue weighted by Gasteiger charge is 2.35. The normalized spacial score (nSPS) is 21.4. The molecule has 2 aliphatic rings. The number of rotatable bonds is 7. The topological polar surface area (TPSA) is 67.7 Å². The van der Waals surface area contributed by atoms with E-state index in [-0.39, 0.29) is 23.8 Å². The third-order valence-electron chi connectivity index (χ3n) is 6.58. The molecule has 0 radical (unpaired) electrons. The highest BCUT2D eigenvalue weighted by Crippen LogP contribution is 2.27. The number of nitrogens with zero attached hydrogens (tertiary/aromatic N) is 4. The number of aromatic nitrogens is 2. The Morgan fingerprint density at radius 3 is 2.53 bits per heavy atom. The molecule has 2 saturated heterocycles. The molecule has 2 fully saturated rings. The van der Waals surface area contributed by atoms with Crippen molar-refractivity contribution in [1.29, 1.82) is 0 Å². The zero-order valence-corrected chi connectivity index (χ0v) is 19.0. The zero-order valence-electron chi connectivity index (χ0n) is 19.0. The second-order valence-corrected chi connectivity index (χ2v) is 9.03. The average Bonchev–Trinajstić information content (AvgIpc) is 3.25. The standard InChI is InChI=1S/C25H34N4O3/c1-27-18-20(17-26-27)10-11-24(30)29-15-12-23(32-22-8-4-2-5-9-22)21(19-29)16-25(31)28-13-6-3-7-14-28/h2,4-5,8-9,17-18,21,23H,3,6-7,10-16,19H2,1H3/t21-,23-/m0/s1. The number of likely N-dealkylation sites (tertiary alicyclic amines) is 2. The maximum absolute atomic E-state index is 13.0. The Labute approximate surface area is 190 Å². The summed E-state index contributed by atoms with van der Waals surface area (Å²) in [5.41, 5.74) is 1.07. The SMILES string of the molecule is Cn1cc(CCC(=O)N2CC[C@H](Oc3ccccc3)[C@@H](CC(=O)N3CCCCC3)C2)cn1. The molecule has 0 unspecified atom stereocenters. The summed E-state index contributed by atoms with van der Waals surface area (Å²) in [6, 6.07) is 9.79. The summed E-state index contributed by atoms with van der Waals surface area (Å²) >= 11 is 0. The van der Waals surface area contributed by atoms with Gasteiger partial charge in [0.2, 0.25) is 11.8 Å². The number of carbonyl (C=O) groups is 2. The number of amides is 2. The van der Waals surface area contributed by atoms with Gasteiger partial charge in [-0.15, -0.1) is 0 Å². The Kier molecular flexibility index (Phi) is 7.45. The van der Waals surface area contributed by atoms with E-state index < -0.39 is 0 Å². The molecule has 0 aliphatic carbocycles. The molecule has 1 aromatic carbocycles. The molecule has 2 atom stereocenters. The van der Waals surface area contributed by atoms with Crippen LogP contribution in [0.3, 0.4) is 0 Å². The molecular formula is C25H34N4O3. The van der Waals surface area contributed by atoms with Crippen LogP contribution in [0.25, 0.3) is 0 Å². The Bertz CT molecular complexity index is 892. The van der Waals surface area contributed by atoms with Gasteiger partial charge in [-0.1, -0.05) is 18.2 Å². The van der Waals surface area contributed by atoms with Crippen molar-refractivity contribution in [3.05, 3.63) is 48.3 Å². The Hall–Kier alpha value is -2.83. The molecule has 1 aromatic heterocycles. The monoisotopic (exact) mass is 438 g/mol. The van der Waals surface area contributed by atoms with E-state index in [4.69, 9.17) is 4.74 Å². The van der Waals surface area contributed by atoms with Gasteiger partial charge in [-0.05, 0) is 43.4 Å². The van der Waals surface area contributed by atoms with Crippen molar-refractivity contribution < 1.29 is 14.3 Å². The summed E-state index contributed by atoms with van der Waals surface area (Å²) in [7, 11) is 1.88. The molecule has 32 heavy (non-hydrogen) atoms. The van der Waals surface area contributed by atoms with Gasteiger partial charge in [0.15, 0.2) is 0 Å². The lowest BCUT2D eigenvalue weighted by Gasteiger charge is -2.39. The number of hydrogen-bond donors (Lipinski definition) is 0. The number of ether oxygens (including phenoxy) is 1. The first kappa shape index (κ1) is 22.4. The van der Waals surface area contributed by atoms with Crippen LogP contribution in [-0.2, 0) is 23.1 Å². The van der Waals surface area contributed by atoms with Crippen LogP contribution >= 0.6 is 0 Å². The molecule has 0 saturated carbocycles. The van der Waals surface area contributed by atoms with Crippen LogP contribution < -0.4 is 4.74 Å². The molecule has 0 spiro atoms. The fourth-order valence-electron chi connectivity index (χ4n) is 4.77. The predicted octanol–water partition coefficient (Wildman–Crippen LogP) is 3.05. The molecule has 2 aliphatic heterocycles. The van der Waals surface area contributed by atoms with E-state index >= 15 is 0 Å². The molecule has 7 nitrogen and oxygen atoms in total. The summed E-state index contributed by atoms with van der Waals surface area (Å²) in [5.74, 6) is 1.16. The van der Waals surface area contributed by atoms with Crippen LogP contribution in [0.4, 0.5) is 0 Å². The molecule has 7 heteroatoms. The fourth-order valence-corrected chi connectivity index (χ4v) is 4.77. The maximum atomic E-state index is 13.0. The van der Waals surface area contributed by atoms with Crippen molar-refractivity contribution in [1.82, 2.24) is 19.6 Å². The van der Waals surface area contributed by atoms with Crippen molar-refractivity contribution in [2.45, 2.75) is 51.0 Å². The van der Waals surface area contributed by atoms with Gasteiger partial charge in [0.25, 0.3) is 0 Å². The highest BCUT2D eigenvalue weighted by molar-refractivity contribution is 5.78. The van der Waals surface area contributed by atoms with Gasteiger partial charge < -0.3 is 14.5 Å². The van der Waals surface area contributed by atoms with Gasteiger partial charge in [-0.3, -0.25) is 14.3 Å². The third kappa shape index (κ3) is 5.90. The summed E-state index contributed by atoms with van der Waals surface area (Å²) in [5, 5.41) is 4.18. The van der Waals surface area contributed by atoms with Gasteiger partial charge in [0, 0.05) is 64.6 Å². The maximum Gasteiger partial charge on any atom is 0.223 e. The smallest absolute Gasteiger partial charge is 0.223 e. The second kappa shape index (κ2) is 10.7. The Morgan fingerprint density at radius 1 is 1.03 bits per heavy atom. The van der Waals surface area contributed by atoms with E-state index in [1.165, 1.54) is 6.42 Å². The van der Waals surface area contributed by atoms with Crippen molar-refractivity contribution in [2.24, 2.45) is 13.0 Å². The second-order valence-electron chi connectivity index (χ2n) is 9.03. The van der Waals surface area contributed by atoms with Crippen LogP contribution in [0.15, 0.2) is 42.7 Å². The van der Waals surface area contributed by atoms with E-state index in [9.17, 15) is 9.59 Å². The summed E-state index contributed by atoms with van der Waals surface area (Å²) < 4.78 is 8.05. The number of para-hydroxylation sites is 1. The number of hydrogen-bond acceptors (Lipinski definition) is 4. The first-order valence-corrected chi connectivity index (χ1v) is 11.8. The Balaban J connectivity index is 1.39. The van der Waals surface area contributed by atoms with E-state index in [1.54, 1.807) is 4.68 Å². The van der Waals surface area contributed by atoms with E-state index in [0.717, 1.165) is 43.7 Å². The fraction of sp³-hybridized carbons (Fsp3) is 0.560. The van der Waals surface area contributed by atoms with Gasteiger partial charge in [0.1, 0.15) is 11.9 Å². The lowest BCUT2D eigenvalue weighted by molar-refractivity contribution is -0.139. The molecule has 2 aromatic rings. The first-order valence-electron chi connectivity index (χ1n) is 11.8. The van der Waals surface area contributed by atoms with Crippen molar-refractivity contribution in [3.63, 3.8) is 0 Å². The first-order chi connectivity index (χ1) is 15.6. The summed E-state index contributed by atoms with van der Waals surface area (Å²) in [6.07, 6.45) is 9.39. The highest BCUT2D eigenvalue weighted by atomic mass is 16.5. The van der Waals surface area contributed by atoms with Crippen LogP contribution in [0, 0.1) is 5.92 Å². The van der Waals surface area contributed by atoms with Gasteiger partial charge in [-0.25, -0.2) is 0 Å². The van der Waals surface area contributed by atoms with Crippen molar-refractivity contribution in [2.75, 3.05) is 26.2 Å². The van der Waals surface area contributed by atoms with Crippen LogP contribution in [0.5, 0.6) is 5.75 Å². The lowest BCUT2D eigenvalue weighted by atomic mass is 9.90. The summed E-state index contributed by atoms with van der Waals surface area (Å²) in [4.78, 5) is 29.9. The van der Waals surface area contributed by atoms with Gasteiger partial charge in [-0.2, -0.15) is 5.10 Å². The molecular weight excluding hydrogens is 404 g/mol. The predicted molar refractivity (Wildman–Crippen MR) is 122 cm³/mol. The largest absolute Gasteiger partial charge is 0.490 e. The van der Waals surface area contributed by atoms with Gasteiger partial charge in [0.05, 0.1) is 6.20 Å². The van der Waals surface area contributed by atoms with E-state index in [1.807, 2.05) is 59.6 Å².